The van der Waals surface area contributed by atoms with Gasteiger partial charge in [0, 0.05) is 29.9 Å². The predicted octanol–water partition coefficient (Wildman–Crippen LogP) is 2.95. The summed E-state index contributed by atoms with van der Waals surface area (Å²) in [5.41, 5.74) is 7.88. The number of hydrogen-bond donors (Lipinski definition) is 3. The fraction of sp³-hybridized carbons (Fsp3) is 0.458. The summed E-state index contributed by atoms with van der Waals surface area (Å²) in [6.07, 6.45) is 5.52. The number of carbonyl (C=O) groups is 2. The SMILES string of the molecule is COc1cc(-c2cc(C(=O)NC3CCC(NC(=O)OC(C)(C)C)CC3)c3c(N)ncnn23)ccn1. The molecular formula is C24H31N7O4. The van der Waals surface area contributed by atoms with E-state index in [9.17, 15) is 9.59 Å². The van der Waals surface area contributed by atoms with Crippen molar-refractivity contribution < 1.29 is 19.1 Å². The summed E-state index contributed by atoms with van der Waals surface area (Å²) >= 11 is 0. The topological polar surface area (TPSA) is 146 Å². The van der Waals surface area contributed by atoms with Gasteiger partial charge in [-0.1, -0.05) is 0 Å². The van der Waals surface area contributed by atoms with E-state index in [1.165, 1.54) is 6.33 Å². The average molecular weight is 482 g/mol. The van der Waals surface area contributed by atoms with E-state index in [2.05, 4.69) is 25.7 Å². The van der Waals surface area contributed by atoms with Crippen molar-refractivity contribution in [3.63, 3.8) is 0 Å². The maximum absolute atomic E-state index is 13.3. The number of pyridine rings is 1. The summed E-state index contributed by atoms with van der Waals surface area (Å²) < 4.78 is 12.2. The second-order valence-corrected chi connectivity index (χ2v) is 9.60. The minimum Gasteiger partial charge on any atom is -0.481 e. The second kappa shape index (κ2) is 9.77. The molecule has 186 valence electrons. The molecule has 1 fully saturated rings. The number of hydrogen-bond acceptors (Lipinski definition) is 8. The van der Waals surface area contributed by atoms with Crippen LogP contribution in [-0.4, -0.2) is 56.4 Å². The summed E-state index contributed by atoms with van der Waals surface area (Å²) in [5.74, 6) is 0.407. The van der Waals surface area contributed by atoms with Crippen LogP contribution in [0.3, 0.4) is 0 Å². The Bertz CT molecular complexity index is 1230. The predicted molar refractivity (Wildman–Crippen MR) is 130 cm³/mol. The fourth-order valence-corrected chi connectivity index (χ4v) is 4.25. The van der Waals surface area contributed by atoms with Crippen LogP contribution < -0.4 is 21.1 Å². The number of nitrogens with zero attached hydrogens (tertiary/aromatic N) is 4. The van der Waals surface area contributed by atoms with Crippen molar-refractivity contribution in [3.8, 4) is 17.1 Å². The molecule has 0 aliphatic heterocycles. The van der Waals surface area contributed by atoms with Crippen LogP contribution in [0.5, 0.6) is 5.88 Å². The molecule has 2 amide bonds. The molecule has 0 saturated heterocycles. The van der Waals surface area contributed by atoms with Crippen molar-refractivity contribution in [2.45, 2.75) is 64.1 Å². The fourth-order valence-electron chi connectivity index (χ4n) is 4.25. The van der Waals surface area contributed by atoms with E-state index in [1.54, 1.807) is 30.0 Å². The van der Waals surface area contributed by atoms with Crippen LogP contribution in [0.1, 0.15) is 56.8 Å². The van der Waals surface area contributed by atoms with Gasteiger partial charge in [0.05, 0.1) is 18.4 Å². The number of nitrogens with two attached hydrogens (primary N) is 1. The van der Waals surface area contributed by atoms with Crippen molar-refractivity contribution in [1.82, 2.24) is 30.2 Å². The second-order valence-electron chi connectivity index (χ2n) is 9.60. The van der Waals surface area contributed by atoms with Gasteiger partial charge in [-0.3, -0.25) is 4.79 Å². The minimum absolute atomic E-state index is 0.0191. The average Bonchev–Trinajstić information content (AvgIpc) is 3.20. The Balaban J connectivity index is 1.48. The first-order chi connectivity index (χ1) is 16.6. The van der Waals surface area contributed by atoms with Crippen molar-refractivity contribution in [1.29, 1.82) is 0 Å². The van der Waals surface area contributed by atoms with E-state index in [-0.39, 0.29) is 23.8 Å². The van der Waals surface area contributed by atoms with E-state index < -0.39 is 11.7 Å². The number of methoxy groups -OCH3 is 1. The Labute approximate surface area is 203 Å². The first kappa shape index (κ1) is 24.2. The molecule has 0 aromatic carbocycles. The van der Waals surface area contributed by atoms with E-state index in [0.29, 0.717) is 22.7 Å². The maximum atomic E-state index is 13.3. The van der Waals surface area contributed by atoms with Crippen LogP contribution in [0.15, 0.2) is 30.7 Å². The highest BCUT2D eigenvalue weighted by Crippen LogP contribution is 2.29. The van der Waals surface area contributed by atoms with Crippen molar-refractivity contribution in [2.75, 3.05) is 12.8 Å². The number of nitrogen functional groups attached to an aromatic ring is 1. The van der Waals surface area contributed by atoms with Crippen LogP contribution >= 0.6 is 0 Å². The number of ether oxygens (including phenoxy) is 2. The molecule has 0 radical (unpaired) electrons. The number of amides is 2. The molecule has 11 heteroatoms. The van der Waals surface area contributed by atoms with Gasteiger partial charge in [-0.05, 0) is 58.6 Å². The lowest BCUT2D eigenvalue weighted by Gasteiger charge is -2.30. The molecule has 4 rings (SSSR count). The lowest BCUT2D eigenvalue weighted by atomic mass is 9.91. The third kappa shape index (κ3) is 5.61. The lowest BCUT2D eigenvalue weighted by molar-refractivity contribution is 0.0488. The summed E-state index contributed by atoms with van der Waals surface area (Å²) in [5, 5.41) is 10.3. The summed E-state index contributed by atoms with van der Waals surface area (Å²) in [6.45, 7) is 5.50. The first-order valence-electron chi connectivity index (χ1n) is 11.6. The monoisotopic (exact) mass is 481 g/mol. The molecular weight excluding hydrogens is 450 g/mol. The zero-order chi connectivity index (χ0) is 25.2. The molecule has 11 nitrogen and oxygen atoms in total. The third-order valence-corrected chi connectivity index (χ3v) is 5.85. The molecule has 1 aliphatic carbocycles. The third-order valence-electron chi connectivity index (χ3n) is 5.85. The van der Waals surface area contributed by atoms with Gasteiger partial charge in [0.25, 0.3) is 5.91 Å². The molecule has 0 bridgehead atoms. The normalized spacial score (nSPS) is 18.2. The maximum Gasteiger partial charge on any atom is 0.407 e. The molecule has 3 aromatic rings. The number of nitrogens with one attached hydrogen (secondary N) is 2. The van der Waals surface area contributed by atoms with Crippen LogP contribution in [0.2, 0.25) is 0 Å². The Morgan fingerprint density at radius 3 is 2.43 bits per heavy atom. The van der Waals surface area contributed by atoms with E-state index >= 15 is 0 Å². The smallest absolute Gasteiger partial charge is 0.407 e. The lowest BCUT2D eigenvalue weighted by Crippen LogP contribution is -2.45. The molecule has 4 N–H and O–H groups in total. The van der Waals surface area contributed by atoms with Crippen LogP contribution in [-0.2, 0) is 4.74 Å². The summed E-state index contributed by atoms with van der Waals surface area (Å²) in [6, 6.07) is 5.32. The van der Waals surface area contributed by atoms with Gasteiger partial charge in [-0.2, -0.15) is 5.10 Å². The molecule has 3 heterocycles. The molecule has 3 aromatic heterocycles. The quantitative estimate of drug-likeness (QED) is 0.504. The Kier molecular flexibility index (Phi) is 6.77. The molecule has 35 heavy (non-hydrogen) atoms. The zero-order valence-electron chi connectivity index (χ0n) is 20.4. The zero-order valence-corrected chi connectivity index (χ0v) is 20.4. The van der Waals surface area contributed by atoms with Gasteiger partial charge < -0.3 is 25.8 Å². The van der Waals surface area contributed by atoms with Gasteiger partial charge in [0.2, 0.25) is 5.88 Å². The van der Waals surface area contributed by atoms with Gasteiger partial charge in [-0.25, -0.2) is 19.3 Å². The van der Waals surface area contributed by atoms with E-state index in [0.717, 1.165) is 31.2 Å². The van der Waals surface area contributed by atoms with Gasteiger partial charge in [0.1, 0.15) is 17.4 Å². The molecule has 0 spiro atoms. The Morgan fingerprint density at radius 1 is 1.09 bits per heavy atom. The molecule has 1 saturated carbocycles. The first-order valence-corrected chi connectivity index (χ1v) is 11.6. The Hall–Kier alpha value is -3.89. The number of carbonyl (C=O) groups excluding carboxylic acids is 2. The highest BCUT2D eigenvalue weighted by molar-refractivity contribution is 6.05. The van der Waals surface area contributed by atoms with Crippen LogP contribution in [0, 0.1) is 0 Å². The molecule has 1 aliphatic rings. The minimum atomic E-state index is -0.540. The van der Waals surface area contributed by atoms with E-state index in [4.69, 9.17) is 15.2 Å². The number of aromatic nitrogens is 4. The van der Waals surface area contributed by atoms with Crippen molar-refractivity contribution in [3.05, 3.63) is 36.3 Å². The molecule has 0 atom stereocenters. The standard InChI is InChI=1S/C24H31N7O4/c1-24(2,3)35-23(33)30-16-7-5-15(6-8-16)29-22(32)17-12-18(14-9-10-26-19(11-14)34-4)31-20(17)21(25)27-13-28-31/h9-13,15-16H,5-8H2,1-4H3,(H,29,32)(H,30,33)(H2,25,27,28). The number of fused-ring (bicyclic) bond motifs is 1. The number of anilines is 1. The Morgan fingerprint density at radius 2 is 1.77 bits per heavy atom. The number of alkyl carbamates (subject to hydrolysis) is 1. The van der Waals surface area contributed by atoms with Crippen LogP contribution in [0.4, 0.5) is 10.6 Å². The summed E-state index contributed by atoms with van der Waals surface area (Å²) in [7, 11) is 1.54. The largest absolute Gasteiger partial charge is 0.481 e. The highest BCUT2D eigenvalue weighted by atomic mass is 16.6. The van der Waals surface area contributed by atoms with Crippen LogP contribution in [0.25, 0.3) is 16.8 Å². The highest BCUT2D eigenvalue weighted by Gasteiger charge is 2.27. The van der Waals surface area contributed by atoms with Crippen molar-refractivity contribution in [2.24, 2.45) is 0 Å². The summed E-state index contributed by atoms with van der Waals surface area (Å²) in [4.78, 5) is 33.6. The molecule has 0 unspecified atom stereocenters. The van der Waals surface area contributed by atoms with Crippen molar-refractivity contribution >= 4 is 23.3 Å². The van der Waals surface area contributed by atoms with E-state index in [1.807, 2.05) is 26.8 Å². The van der Waals surface area contributed by atoms with Gasteiger partial charge in [-0.15, -0.1) is 0 Å². The number of rotatable bonds is 5. The van der Waals surface area contributed by atoms with Gasteiger partial charge >= 0.3 is 6.09 Å². The van der Waals surface area contributed by atoms with Gasteiger partial charge in [0.15, 0.2) is 5.82 Å².